The molecule has 4 amide bonds. The lowest BCUT2D eigenvalue weighted by molar-refractivity contribution is -0.384. The van der Waals surface area contributed by atoms with E-state index in [1.807, 2.05) is 12.1 Å². The van der Waals surface area contributed by atoms with Gasteiger partial charge in [0.05, 0.1) is 4.92 Å². The summed E-state index contributed by atoms with van der Waals surface area (Å²) in [6, 6.07) is 9.83. The lowest BCUT2D eigenvalue weighted by Crippen LogP contribution is -2.59. The standard InChI is InChI=1S/C25H29N5O6/c1-14(2)22(25(34)29-20-7-5-4-6-17(20)13-21(29)23(26)32)28-24(33)19(27-15(3)31)12-16-8-10-18(11-9-16)30(35)36/h4-11,14,19,21-22H,12-13H2,1-3H3,(H2,26,32)(H,27,31)(H,28,33)/t19-,21-,22-/m0/s1. The number of nitro groups is 1. The van der Waals surface area contributed by atoms with E-state index in [0.29, 0.717) is 11.3 Å². The lowest BCUT2D eigenvalue weighted by Gasteiger charge is -2.31. The molecule has 0 saturated heterocycles. The molecule has 11 heteroatoms. The number of fused-ring (bicyclic) bond motifs is 1. The molecule has 0 fully saturated rings. The zero-order valence-electron chi connectivity index (χ0n) is 20.3. The number of nitrogens with two attached hydrogens (primary N) is 1. The van der Waals surface area contributed by atoms with Crippen LogP contribution in [0.4, 0.5) is 11.4 Å². The third-order valence-corrected chi connectivity index (χ3v) is 6.05. The highest BCUT2D eigenvalue weighted by molar-refractivity contribution is 6.06. The third kappa shape index (κ3) is 5.85. The van der Waals surface area contributed by atoms with Gasteiger partial charge in [-0.05, 0) is 23.1 Å². The maximum Gasteiger partial charge on any atom is 0.269 e. The number of hydrogen-bond donors (Lipinski definition) is 3. The van der Waals surface area contributed by atoms with Crippen molar-refractivity contribution in [2.24, 2.45) is 11.7 Å². The van der Waals surface area contributed by atoms with E-state index in [2.05, 4.69) is 10.6 Å². The minimum absolute atomic E-state index is 0.0544. The molecule has 1 aliphatic rings. The number of carbonyl (C=O) groups excluding carboxylic acids is 4. The molecular formula is C25H29N5O6. The van der Waals surface area contributed by atoms with Gasteiger partial charge in [-0.25, -0.2) is 0 Å². The Hall–Kier alpha value is -4.28. The number of nitrogens with one attached hydrogen (secondary N) is 2. The molecule has 0 spiro atoms. The van der Waals surface area contributed by atoms with Gasteiger partial charge >= 0.3 is 0 Å². The number of nitrogens with zero attached hydrogens (tertiary/aromatic N) is 2. The predicted octanol–water partition coefficient (Wildman–Crippen LogP) is 1.23. The Morgan fingerprint density at radius 3 is 2.28 bits per heavy atom. The monoisotopic (exact) mass is 495 g/mol. The SMILES string of the molecule is CC(=O)N[C@@H](Cc1ccc([N+](=O)[O-])cc1)C(=O)N[C@H](C(=O)N1c2ccccc2C[C@H]1C(N)=O)C(C)C. The van der Waals surface area contributed by atoms with Gasteiger partial charge in [-0.2, -0.15) is 0 Å². The summed E-state index contributed by atoms with van der Waals surface area (Å²) < 4.78 is 0. The molecule has 0 aromatic heterocycles. The first kappa shape index (κ1) is 26.3. The highest BCUT2D eigenvalue weighted by Gasteiger charge is 2.41. The number of hydrogen-bond acceptors (Lipinski definition) is 6. The summed E-state index contributed by atoms with van der Waals surface area (Å²) in [5, 5.41) is 16.2. The van der Waals surface area contributed by atoms with Crippen molar-refractivity contribution in [2.45, 2.75) is 51.7 Å². The molecule has 0 radical (unpaired) electrons. The van der Waals surface area contributed by atoms with Gasteiger partial charge in [-0.15, -0.1) is 0 Å². The first-order chi connectivity index (χ1) is 17.0. The van der Waals surface area contributed by atoms with Crippen molar-refractivity contribution >= 4 is 35.0 Å². The zero-order valence-corrected chi connectivity index (χ0v) is 20.3. The number of amides is 4. The van der Waals surface area contributed by atoms with Crippen LogP contribution in [0.5, 0.6) is 0 Å². The van der Waals surface area contributed by atoms with Crippen molar-refractivity contribution in [1.82, 2.24) is 10.6 Å². The Bertz CT molecular complexity index is 1180. The summed E-state index contributed by atoms with van der Waals surface area (Å²) in [5.74, 6) is -2.53. The summed E-state index contributed by atoms with van der Waals surface area (Å²) >= 11 is 0. The molecule has 2 aromatic rings. The average molecular weight is 496 g/mol. The van der Waals surface area contributed by atoms with E-state index in [1.165, 1.54) is 36.1 Å². The largest absolute Gasteiger partial charge is 0.368 e. The topological polar surface area (TPSA) is 165 Å². The predicted molar refractivity (Wildman–Crippen MR) is 132 cm³/mol. The summed E-state index contributed by atoms with van der Waals surface area (Å²) in [4.78, 5) is 62.6. The number of nitro benzene ring substituents is 1. The highest BCUT2D eigenvalue weighted by Crippen LogP contribution is 2.33. The van der Waals surface area contributed by atoms with Gasteiger partial charge in [0, 0.05) is 37.6 Å². The van der Waals surface area contributed by atoms with Crippen molar-refractivity contribution in [1.29, 1.82) is 0 Å². The average Bonchev–Trinajstić information content (AvgIpc) is 3.21. The van der Waals surface area contributed by atoms with Gasteiger partial charge in [0.15, 0.2) is 0 Å². The number of carbonyl (C=O) groups is 4. The molecule has 1 heterocycles. The highest BCUT2D eigenvalue weighted by atomic mass is 16.6. The van der Waals surface area contributed by atoms with E-state index >= 15 is 0 Å². The Morgan fingerprint density at radius 1 is 1.08 bits per heavy atom. The second-order valence-electron chi connectivity index (χ2n) is 9.07. The first-order valence-corrected chi connectivity index (χ1v) is 11.5. The van der Waals surface area contributed by atoms with E-state index in [4.69, 9.17) is 5.73 Å². The van der Waals surface area contributed by atoms with Crippen LogP contribution in [0.2, 0.25) is 0 Å². The van der Waals surface area contributed by atoms with Gasteiger partial charge in [0.25, 0.3) is 11.6 Å². The molecule has 4 N–H and O–H groups in total. The molecule has 3 rings (SSSR count). The number of non-ortho nitro benzene ring substituents is 1. The van der Waals surface area contributed by atoms with Crippen LogP contribution in [0.3, 0.4) is 0 Å². The molecule has 0 aliphatic carbocycles. The first-order valence-electron chi connectivity index (χ1n) is 11.5. The fraction of sp³-hybridized carbons (Fsp3) is 0.360. The third-order valence-electron chi connectivity index (χ3n) is 6.05. The fourth-order valence-corrected chi connectivity index (χ4v) is 4.25. The summed E-state index contributed by atoms with van der Waals surface area (Å²) in [6.07, 6.45) is 0.337. The molecule has 11 nitrogen and oxygen atoms in total. The minimum Gasteiger partial charge on any atom is -0.368 e. The second kappa shape index (κ2) is 11.0. The van der Waals surface area contributed by atoms with Crippen molar-refractivity contribution < 1.29 is 24.1 Å². The molecule has 2 aromatic carbocycles. The maximum atomic E-state index is 13.7. The van der Waals surface area contributed by atoms with Gasteiger partial charge in [-0.1, -0.05) is 44.2 Å². The van der Waals surface area contributed by atoms with Crippen LogP contribution in [0.1, 0.15) is 31.9 Å². The number of rotatable bonds is 9. The van der Waals surface area contributed by atoms with Crippen molar-refractivity contribution in [3.8, 4) is 0 Å². The van der Waals surface area contributed by atoms with Crippen LogP contribution >= 0.6 is 0 Å². The Morgan fingerprint density at radius 2 is 1.72 bits per heavy atom. The van der Waals surface area contributed by atoms with Gasteiger partial charge in [0.1, 0.15) is 18.1 Å². The maximum absolute atomic E-state index is 13.7. The number of benzene rings is 2. The van der Waals surface area contributed by atoms with Crippen LogP contribution < -0.4 is 21.3 Å². The van der Waals surface area contributed by atoms with Crippen LogP contribution in [-0.4, -0.2) is 46.7 Å². The smallest absolute Gasteiger partial charge is 0.269 e. The molecule has 1 aliphatic heterocycles. The van der Waals surface area contributed by atoms with Gasteiger partial charge in [-0.3, -0.25) is 34.2 Å². The van der Waals surface area contributed by atoms with Crippen LogP contribution in [0, 0.1) is 16.0 Å². The molecule has 0 saturated carbocycles. The molecule has 3 atom stereocenters. The Kier molecular flexibility index (Phi) is 8.03. The molecular weight excluding hydrogens is 466 g/mol. The van der Waals surface area contributed by atoms with E-state index < -0.39 is 46.7 Å². The van der Waals surface area contributed by atoms with Crippen LogP contribution in [-0.2, 0) is 32.0 Å². The summed E-state index contributed by atoms with van der Waals surface area (Å²) in [7, 11) is 0. The summed E-state index contributed by atoms with van der Waals surface area (Å²) in [5.41, 5.74) is 7.45. The van der Waals surface area contributed by atoms with Crippen molar-refractivity contribution in [2.75, 3.05) is 4.90 Å². The quantitative estimate of drug-likeness (QED) is 0.350. The molecule has 190 valence electrons. The molecule has 0 bridgehead atoms. The minimum atomic E-state index is -1.03. The lowest BCUT2D eigenvalue weighted by atomic mass is 9.99. The molecule has 0 unspecified atom stereocenters. The van der Waals surface area contributed by atoms with E-state index in [9.17, 15) is 29.3 Å². The van der Waals surface area contributed by atoms with Gasteiger partial charge in [0.2, 0.25) is 17.7 Å². The number of primary amides is 1. The van der Waals surface area contributed by atoms with Crippen LogP contribution in [0.25, 0.3) is 0 Å². The van der Waals surface area contributed by atoms with E-state index in [1.54, 1.807) is 26.0 Å². The molecule has 36 heavy (non-hydrogen) atoms. The normalized spacial score (nSPS) is 16.1. The van der Waals surface area contributed by atoms with E-state index in [-0.39, 0.29) is 24.4 Å². The Labute approximate surface area is 208 Å². The van der Waals surface area contributed by atoms with Crippen molar-refractivity contribution in [3.05, 3.63) is 69.8 Å². The zero-order chi connectivity index (χ0) is 26.6. The van der Waals surface area contributed by atoms with Crippen LogP contribution in [0.15, 0.2) is 48.5 Å². The van der Waals surface area contributed by atoms with Gasteiger partial charge < -0.3 is 16.4 Å². The number of anilines is 1. The summed E-state index contributed by atoms with van der Waals surface area (Å²) in [6.45, 7) is 4.78. The second-order valence-corrected chi connectivity index (χ2v) is 9.07. The van der Waals surface area contributed by atoms with Crippen molar-refractivity contribution in [3.63, 3.8) is 0 Å². The fourth-order valence-electron chi connectivity index (χ4n) is 4.25. The number of para-hydroxylation sites is 1. The van der Waals surface area contributed by atoms with E-state index in [0.717, 1.165) is 5.56 Å². The Balaban J connectivity index is 1.84.